The maximum Gasteiger partial charge on any atom is 0.407 e. The van der Waals surface area contributed by atoms with Crippen LogP contribution in [0.3, 0.4) is 0 Å². The average molecular weight is 306 g/mol. The van der Waals surface area contributed by atoms with Gasteiger partial charge in [0.15, 0.2) is 0 Å². The van der Waals surface area contributed by atoms with Gasteiger partial charge in [0, 0.05) is 25.5 Å². The van der Waals surface area contributed by atoms with Gasteiger partial charge in [0.05, 0.1) is 6.04 Å². The highest BCUT2D eigenvalue weighted by molar-refractivity contribution is 5.67. The minimum atomic E-state index is -0.482. The number of anilines is 1. The normalized spacial score (nSPS) is 22.3. The number of carbonyl (C=O) groups is 1. The summed E-state index contributed by atoms with van der Waals surface area (Å²) in [5.41, 5.74) is -0.482. The third-order valence-corrected chi connectivity index (χ3v) is 3.78. The molecule has 6 nitrogen and oxygen atoms in total. The van der Waals surface area contributed by atoms with Crippen LogP contribution < -0.4 is 10.2 Å². The van der Waals surface area contributed by atoms with E-state index in [1.807, 2.05) is 26.8 Å². The smallest absolute Gasteiger partial charge is 0.407 e. The third-order valence-electron chi connectivity index (χ3n) is 3.78. The van der Waals surface area contributed by atoms with E-state index in [2.05, 4.69) is 27.1 Å². The number of piperidine rings is 1. The zero-order valence-electron chi connectivity index (χ0n) is 13.9. The first-order chi connectivity index (χ1) is 10.4. The van der Waals surface area contributed by atoms with Crippen LogP contribution in [-0.4, -0.2) is 40.8 Å². The van der Waals surface area contributed by atoms with Crippen LogP contribution in [-0.2, 0) is 4.74 Å². The molecule has 2 rings (SSSR count). The number of hydrogen-bond donors (Lipinski definition) is 1. The van der Waals surface area contributed by atoms with Crippen LogP contribution in [0.5, 0.6) is 0 Å². The number of aromatic nitrogens is 2. The number of rotatable bonds is 3. The fourth-order valence-corrected chi connectivity index (χ4v) is 2.75. The Morgan fingerprint density at radius 1 is 1.41 bits per heavy atom. The quantitative estimate of drug-likeness (QED) is 0.929. The Hall–Kier alpha value is -1.85. The maximum atomic E-state index is 11.9. The molecule has 1 fully saturated rings. The van der Waals surface area contributed by atoms with Gasteiger partial charge < -0.3 is 15.0 Å². The number of nitrogens with one attached hydrogen (secondary N) is 1. The van der Waals surface area contributed by atoms with Gasteiger partial charge >= 0.3 is 6.09 Å². The molecule has 6 heteroatoms. The standard InChI is InChI=1S/C16H26N4O2/c1-12-7-5-10-20(14-17-8-6-9-18-14)13(12)11-19-15(21)22-16(2,3)4/h6,8-9,12-13H,5,7,10-11H2,1-4H3,(H,19,21)/t12-,13-/m0/s1. The van der Waals surface area contributed by atoms with Crippen molar-refractivity contribution in [2.24, 2.45) is 5.92 Å². The predicted molar refractivity (Wildman–Crippen MR) is 85.8 cm³/mol. The van der Waals surface area contributed by atoms with Crippen molar-refractivity contribution in [3.8, 4) is 0 Å². The number of amides is 1. The number of alkyl carbamates (subject to hydrolysis) is 1. The monoisotopic (exact) mass is 306 g/mol. The fraction of sp³-hybridized carbons (Fsp3) is 0.688. The highest BCUT2D eigenvalue weighted by atomic mass is 16.6. The van der Waals surface area contributed by atoms with Crippen molar-refractivity contribution in [2.75, 3.05) is 18.0 Å². The van der Waals surface area contributed by atoms with Crippen molar-refractivity contribution in [1.29, 1.82) is 0 Å². The van der Waals surface area contributed by atoms with Crippen molar-refractivity contribution in [3.05, 3.63) is 18.5 Å². The van der Waals surface area contributed by atoms with Gasteiger partial charge in [-0.3, -0.25) is 0 Å². The molecule has 22 heavy (non-hydrogen) atoms. The molecule has 0 aliphatic carbocycles. The van der Waals surface area contributed by atoms with E-state index in [-0.39, 0.29) is 12.1 Å². The third kappa shape index (κ3) is 4.58. The Labute approximate surface area is 132 Å². The van der Waals surface area contributed by atoms with Crippen molar-refractivity contribution >= 4 is 12.0 Å². The van der Waals surface area contributed by atoms with E-state index in [9.17, 15) is 4.79 Å². The summed E-state index contributed by atoms with van der Waals surface area (Å²) in [5, 5.41) is 2.88. The topological polar surface area (TPSA) is 67.4 Å². The first-order valence-corrected chi connectivity index (χ1v) is 7.87. The van der Waals surface area contributed by atoms with E-state index < -0.39 is 5.60 Å². The summed E-state index contributed by atoms with van der Waals surface area (Å²) in [4.78, 5) is 22.7. The number of hydrogen-bond acceptors (Lipinski definition) is 5. The molecule has 1 aliphatic rings. The van der Waals surface area contributed by atoms with E-state index in [0.717, 1.165) is 25.3 Å². The number of nitrogens with zero attached hydrogens (tertiary/aromatic N) is 3. The molecule has 0 unspecified atom stereocenters. The van der Waals surface area contributed by atoms with E-state index in [1.54, 1.807) is 12.4 Å². The molecule has 0 saturated carbocycles. The highest BCUT2D eigenvalue weighted by Crippen LogP contribution is 2.25. The van der Waals surface area contributed by atoms with Crippen molar-refractivity contribution < 1.29 is 9.53 Å². The summed E-state index contributed by atoms with van der Waals surface area (Å²) in [6, 6.07) is 1.99. The SMILES string of the molecule is C[C@H]1CCCN(c2ncccn2)[C@H]1CNC(=O)OC(C)(C)C. The molecule has 122 valence electrons. The van der Waals surface area contributed by atoms with E-state index >= 15 is 0 Å². The van der Waals surface area contributed by atoms with Gasteiger partial charge in [0.2, 0.25) is 5.95 Å². The second kappa shape index (κ2) is 6.94. The average Bonchev–Trinajstić information content (AvgIpc) is 2.45. The zero-order chi connectivity index (χ0) is 16.2. The molecule has 0 bridgehead atoms. The van der Waals surface area contributed by atoms with Crippen molar-refractivity contribution in [2.45, 2.75) is 52.2 Å². The lowest BCUT2D eigenvalue weighted by molar-refractivity contribution is 0.0519. The molecule has 1 amide bonds. The van der Waals surface area contributed by atoms with Gasteiger partial charge in [-0.1, -0.05) is 6.92 Å². The van der Waals surface area contributed by atoms with Crippen molar-refractivity contribution in [3.63, 3.8) is 0 Å². The van der Waals surface area contributed by atoms with Crippen LogP contribution in [0.4, 0.5) is 10.7 Å². The molecule has 1 aromatic heterocycles. The minimum Gasteiger partial charge on any atom is -0.444 e. The summed E-state index contributed by atoms with van der Waals surface area (Å²) in [7, 11) is 0. The van der Waals surface area contributed by atoms with Gasteiger partial charge in [0.25, 0.3) is 0 Å². The van der Waals surface area contributed by atoms with Gasteiger partial charge in [-0.2, -0.15) is 0 Å². The maximum absolute atomic E-state index is 11.9. The molecule has 0 radical (unpaired) electrons. The molecule has 0 spiro atoms. The van der Waals surface area contributed by atoms with Crippen LogP contribution in [0, 0.1) is 5.92 Å². The molecule has 1 N–H and O–H groups in total. The lowest BCUT2D eigenvalue weighted by Crippen LogP contribution is -2.52. The Morgan fingerprint density at radius 3 is 2.73 bits per heavy atom. The molecule has 2 atom stereocenters. The molecular weight excluding hydrogens is 280 g/mol. The summed E-state index contributed by atoms with van der Waals surface area (Å²) < 4.78 is 5.31. The van der Waals surface area contributed by atoms with Gasteiger partial charge in [-0.25, -0.2) is 14.8 Å². The van der Waals surface area contributed by atoms with Crippen LogP contribution in [0.1, 0.15) is 40.5 Å². The lowest BCUT2D eigenvalue weighted by atomic mass is 9.91. The molecule has 1 aliphatic heterocycles. The minimum absolute atomic E-state index is 0.184. The Bertz CT molecular complexity index is 487. The fourth-order valence-electron chi connectivity index (χ4n) is 2.75. The van der Waals surface area contributed by atoms with Crippen molar-refractivity contribution in [1.82, 2.24) is 15.3 Å². The summed E-state index contributed by atoms with van der Waals surface area (Å²) >= 11 is 0. The van der Waals surface area contributed by atoms with E-state index in [0.29, 0.717) is 12.5 Å². The molecule has 1 aromatic rings. The first-order valence-electron chi connectivity index (χ1n) is 7.87. The first kappa shape index (κ1) is 16.5. The van der Waals surface area contributed by atoms with E-state index in [1.165, 1.54) is 0 Å². The van der Waals surface area contributed by atoms with Crippen LogP contribution in [0.2, 0.25) is 0 Å². The Balaban J connectivity index is 2.00. The second-order valence-corrected chi connectivity index (χ2v) is 6.81. The van der Waals surface area contributed by atoms with Crippen LogP contribution >= 0.6 is 0 Å². The largest absolute Gasteiger partial charge is 0.444 e. The second-order valence-electron chi connectivity index (χ2n) is 6.81. The summed E-state index contributed by atoms with van der Waals surface area (Å²) in [6.07, 6.45) is 5.38. The highest BCUT2D eigenvalue weighted by Gasteiger charge is 2.30. The Kier molecular flexibility index (Phi) is 5.21. The van der Waals surface area contributed by atoms with E-state index in [4.69, 9.17) is 4.74 Å². The molecule has 0 aromatic carbocycles. The van der Waals surface area contributed by atoms with Crippen LogP contribution in [0.15, 0.2) is 18.5 Å². The number of ether oxygens (including phenoxy) is 1. The zero-order valence-corrected chi connectivity index (χ0v) is 13.9. The van der Waals surface area contributed by atoms with Gasteiger partial charge in [-0.05, 0) is 45.6 Å². The summed E-state index contributed by atoms with van der Waals surface area (Å²) in [6.45, 7) is 9.24. The van der Waals surface area contributed by atoms with Gasteiger partial charge in [0.1, 0.15) is 5.60 Å². The summed E-state index contributed by atoms with van der Waals surface area (Å²) in [5.74, 6) is 1.19. The molecular formula is C16H26N4O2. The van der Waals surface area contributed by atoms with Gasteiger partial charge in [-0.15, -0.1) is 0 Å². The van der Waals surface area contributed by atoms with Crippen LogP contribution in [0.25, 0.3) is 0 Å². The lowest BCUT2D eigenvalue weighted by Gasteiger charge is -2.40. The number of carbonyl (C=O) groups excluding carboxylic acids is 1. The molecule has 1 saturated heterocycles. The Morgan fingerprint density at radius 2 is 2.09 bits per heavy atom. The molecule has 2 heterocycles. The predicted octanol–water partition coefficient (Wildman–Crippen LogP) is 2.61.